The van der Waals surface area contributed by atoms with E-state index in [1.165, 1.54) is 12.1 Å². The van der Waals surface area contributed by atoms with Crippen molar-refractivity contribution in [2.75, 3.05) is 12.4 Å². The van der Waals surface area contributed by atoms with Crippen LogP contribution in [0.2, 0.25) is 0 Å². The lowest BCUT2D eigenvalue weighted by Crippen LogP contribution is -2.03. The van der Waals surface area contributed by atoms with E-state index in [-0.39, 0.29) is 5.82 Å². The Hall–Kier alpha value is -1.39. The summed E-state index contributed by atoms with van der Waals surface area (Å²) in [6.45, 7) is 1.19. The maximum Gasteiger partial charge on any atom is 0.124 e. The Labute approximate surface area is 120 Å². The number of hydrogen-bond acceptors (Lipinski definition) is 2. The van der Waals surface area contributed by atoms with Gasteiger partial charge in [-0.05, 0) is 23.8 Å². The summed E-state index contributed by atoms with van der Waals surface area (Å²) in [6, 6.07) is 12.7. The fourth-order valence-corrected chi connectivity index (χ4v) is 2.32. The largest absolute Gasteiger partial charge is 0.381 e. The summed E-state index contributed by atoms with van der Waals surface area (Å²) in [4.78, 5) is 0. The van der Waals surface area contributed by atoms with Crippen LogP contribution in [0.1, 0.15) is 11.1 Å². The molecule has 2 aromatic carbocycles. The Bertz CT molecular complexity index is 560. The van der Waals surface area contributed by atoms with Crippen molar-refractivity contribution < 1.29 is 9.13 Å². The van der Waals surface area contributed by atoms with Crippen LogP contribution in [0.25, 0.3) is 0 Å². The molecule has 0 spiro atoms. The van der Waals surface area contributed by atoms with Crippen LogP contribution in [-0.2, 0) is 17.9 Å². The maximum atomic E-state index is 13.0. The Morgan fingerprint density at radius 2 is 1.95 bits per heavy atom. The third kappa shape index (κ3) is 3.78. The van der Waals surface area contributed by atoms with Gasteiger partial charge in [0.05, 0.1) is 6.61 Å². The van der Waals surface area contributed by atoms with E-state index in [0.29, 0.717) is 13.2 Å². The van der Waals surface area contributed by atoms with Crippen molar-refractivity contribution >= 4 is 21.6 Å². The number of halogens is 2. The van der Waals surface area contributed by atoms with Gasteiger partial charge in [0, 0.05) is 29.4 Å². The summed E-state index contributed by atoms with van der Waals surface area (Å²) >= 11 is 3.37. The topological polar surface area (TPSA) is 21.3 Å². The number of ether oxygens (including phenoxy) is 1. The van der Waals surface area contributed by atoms with E-state index in [1.54, 1.807) is 13.2 Å². The molecule has 0 aliphatic rings. The maximum absolute atomic E-state index is 13.0. The molecule has 0 heterocycles. The monoisotopic (exact) mass is 323 g/mol. The van der Waals surface area contributed by atoms with Crippen molar-refractivity contribution in [2.45, 2.75) is 13.2 Å². The van der Waals surface area contributed by atoms with Crippen LogP contribution in [0.4, 0.5) is 10.1 Å². The summed E-state index contributed by atoms with van der Waals surface area (Å²) in [7, 11) is 1.67. The minimum atomic E-state index is -0.240. The van der Waals surface area contributed by atoms with Gasteiger partial charge in [0.2, 0.25) is 0 Å². The summed E-state index contributed by atoms with van der Waals surface area (Å²) in [5.41, 5.74) is 3.14. The van der Waals surface area contributed by atoms with Gasteiger partial charge in [-0.2, -0.15) is 0 Å². The highest BCUT2D eigenvalue weighted by molar-refractivity contribution is 9.10. The van der Waals surface area contributed by atoms with E-state index in [2.05, 4.69) is 21.2 Å². The highest BCUT2D eigenvalue weighted by Crippen LogP contribution is 2.21. The molecule has 2 nitrogen and oxygen atoms in total. The SMILES string of the molecule is COCc1ccccc1NCc1ccc(F)cc1Br. The van der Waals surface area contributed by atoms with Gasteiger partial charge >= 0.3 is 0 Å². The molecule has 0 bridgehead atoms. The Morgan fingerprint density at radius 3 is 2.68 bits per heavy atom. The first kappa shape index (κ1) is 14.0. The van der Waals surface area contributed by atoms with Crippen LogP contribution in [0, 0.1) is 5.82 Å². The first-order chi connectivity index (χ1) is 9.20. The van der Waals surface area contributed by atoms with Gasteiger partial charge < -0.3 is 10.1 Å². The van der Waals surface area contributed by atoms with Gasteiger partial charge in [-0.3, -0.25) is 0 Å². The normalized spacial score (nSPS) is 10.5. The van der Waals surface area contributed by atoms with Crippen LogP contribution in [0.3, 0.4) is 0 Å². The molecule has 0 aliphatic heterocycles. The zero-order valence-electron chi connectivity index (χ0n) is 10.6. The second kappa shape index (κ2) is 6.68. The van der Waals surface area contributed by atoms with E-state index in [0.717, 1.165) is 21.3 Å². The number of benzene rings is 2. The lowest BCUT2D eigenvalue weighted by molar-refractivity contribution is 0.185. The summed E-state index contributed by atoms with van der Waals surface area (Å²) in [6.07, 6.45) is 0. The van der Waals surface area contributed by atoms with Crippen molar-refractivity contribution in [3.63, 3.8) is 0 Å². The number of para-hydroxylation sites is 1. The molecule has 0 unspecified atom stereocenters. The van der Waals surface area contributed by atoms with E-state index < -0.39 is 0 Å². The minimum absolute atomic E-state index is 0.240. The van der Waals surface area contributed by atoms with Gasteiger partial charge in [0.15, 0.2) is 0 Å². The van der Waals surface area contributed by atoms with E-state index in [9.17, 15) is 4.39 Å². The first-order valence-corrected chi connectivity index (χ1v) is 6.74. The molecule has 0 saturated carbocycles. The van der Waals surface area contributed by atoms with Gasteiger partial charge in [-0.25, -0.2) is 4.39 Å². The average molecular weight is 324 g/mol. The van der Waals surface area contributed by atoms with Gasteiger partial charge in [-0.1, -0.05) is 40.2 Å². The standard InChI is InChI=1S/C15H15BrFNO/c1-19-10-12-4-2-3-5-15(12)18-9-11-6-7-13(17)8-14(11)16/h2-8,18H,9-10H2,1H3. The van der Waals surface area contributed by atoms with Gasteiger partial charge in [0.1, 0.15) is 5.82 Å². The van der Waals surface area contributed by atoms with Crippen molar-refractivity contribution in [1.82, 2.24) is 0 Å². The highest BCUT2D eigenvalue weighted by atomic mass is 79.9. The molecule has 0 amide bonds. The molecular formula is C15H15BrFNO. The average Bonchev–Trinajstić information content (AvgIpc) is 2.40. The van der Waals surface area contributed by atoms with Crippen LogP contribution >= 0.6 is 15.9 Å². The molecule has 19 heavy (non-hydrogen) atoms. The van der Waals surface area contributed by atoms with Gasteiger partial charge in [-0.15, -0.1) is 0 Å². The third-order valence-corrected chi connectivity index (χ3v) is 3.54. The number of rotatable bonds is 5. The molecule has 0 aromatic heterocycles. The van der Waals surface area contributed by atoms with Crippen LogP contribution in [0.5, 0.6) is 0 Å². The molecule has 0 fully saturated rings. The van der Waals surface area contributed by atoms with Crippen molar-refractivity contribution in [3.8, 4) is 0 Å². The number of methoxy groups -OCH3 is 1. The second-order valence-corrected chi connectivity index (χ2v) is 5.03. The van der Waals surface area contributed by atoms with E-state index in [4.69, 9.17) is 4.74 Å². The summed E-state index contributed by atoms with van der Waals surface area (Å²) in [5.74, 6) is -0.240. The Morgan fingerprint density at radius 1 is 1.16 bits per heavy atom. The molecule has 100 valence electrons. The van der Waals surface area contributed by atoms with E-state index >= 15 is 0 Å². The zero-order chi connectivity index (χ0) is 13.7. The molecule has 0 radical (unpaired) electrons. The predicted octanol–water partition coefficient (Wildman–Crippen LogP) is 4.35. The van der Waals surface area contributed by atoms with Crippen LogP contribution in [-0.4, -0.2) is 7.11 Å². The summed E-state index contributed by atoms with van der Waals surface area (Å²) < 4.78 is 18.9. The van der Waals surface area contributed by atoms with Crippen molar-refractivity contribution in [1.29, 1.82) is 0 Å². The molecule has 2 rings (SSSR count). The number of anilines is 1. The minimum Gasteiger partial charge on any atom is -0.381 e. The number of hydrogen-bond donors (Lipinski definition) is 1. The quantitative estimate of drug-likeness (QED) is 0.883. The van der Waals surface area contributed by atoms with Crippen LogP contribution in [0.15, 0.2) is 46.9 Å². The number of nitrogens with one attached hydrogen (secondary N) is 1. The second-order valence-electron chi connectivity index (χ2n) is 4.18. The van der Waals surface area contributed by atoms with Crippen molar-refractivity contribution in [3.05, 3.63) is 63.9 Å². The van der Waals surface area contributed by atoms with Gasteiger partial charge in [0.25, 0.3) is 0 Å². The Balaban J connectivity index is 2.10. The van der Waals surface area contributed by atoms with E-state index in [1.807, 2.05) is 24.3 Å². The molecule has 4 heteroatoms. The molecule has 2 aromatic rings. The lowest BCUT2D eigenvalue weighted by atomic mass is 10.1. The molecule has 1 N–H and O–H groups in total. The highest BCUT2D eigenvalue weighted by Gasteiger charge is 2.04. The Kier molecular flexibility index (Phi) is 4.93. The molecule has 0 aliphatic carbocycles. The zero-order valence-corrected chi connectivity index (χ0v) is 12.2. The van der Waals surface area contributed by atoms with Crippen molar-refractivity contribution in [2.24, 2.45) is 0 Å². The fourth-order valence-electron chi connectivity index (χ4n) is 1.83. The molecule has 0 atom stereocenters. The smallest absolute Gasteiger partial charge is 0.124 e. The first-order valence-electron chi connectivity index (χ1n) is 5.95. The molecule has 0 saturated heterocycles. The third-order valence-electron chi connectivity index (χ3n) is 2.80. The molecular weight excluding hydrogens is 309 g/mol. The van der Waals surface area contributed by atoms with Crippen LogP contribution < -0.4 is 5.32 Å². The predicted molar refractivity (Wildman–Crippen MR) is 78.6 cm³/mol. The fraction of sp³-hybridized carbons (Fsp3) is 0.200. The summed E-state index contributed by atoms with van der Waals surface area (Å²) in [5, 5.41) is 3.34. The lowest BCUT2D eigenvalue weighted by Gasteiger charge is -2.12.